The predicted molar refractivity (Wildman–Crippen MR) is 57.5 cm³/mol. The summed E-state index contributed by atoms with van der Waals surface area (Å²) in [7, 11) is -3.17. The average Bonchev–Trinajstić information content (AvgIpc) is 2.85. The molecule has 0 saturated carbocycles. The average molecular weight is 245 g/mol. The molecule has 90 valence electrons. The van der Waals surface area contributed by atoms with Crippen molar-refractivity contribution in [2.24, 2.45) is 0 Å². The Kier molecular flexibility index (Phi) is 2.98. The van der Waals surface area contributed by atoms with E-state index in [4.69, 9.17) is 4.52 Å². The number of rotatable bonds is 3. The van der Waals surface area contributed by atoms with E-state index in [1.54, 1.807) is 6.92 Å². The van der Waals surface area contributed by atoms with Crippen LogP contribution in [-0.2, 0) is 9.84 Å². The second kappa shape index (κ2) is 4.14. The maximum absolute atomic E-state index is 11.3. The lowest BCUT2D eigenvalue weighted by molar-refractivity contribution is 0.341. The van der Waals surface area contributed by atoms with E-state index in [1.807, 2.05) is 0 Å². The Labute approximate surface area is 94.3 Å². The number of hydrogen-bond acceptors (Lipinski definition) is 6. The lowest BCUT2D eigenvalue weighted by Gasteiger charge is -2.03. The Morgan fingerprint density at radius 3 is 2.88 bits per heavy atom. The van der Waals surface area contributed by atoms with Gasteiger partial charge in [-0.25, -0.2) is 8.42 Å². The van der Waals surface area contributed by atoms with Crippen molar-refractivity contribution >= 4 is 9.84 Å². The molecule has 0 spiro atoms. The van der Waals surface area contributed by atoms with E-state index < -0.39 is 15.1 Å². The quantitative estimate of drug-likeness (QED) is 0.839. The molecule has 2 rings (SSSR count). The molecule has 1 N–H and O–H groups in total. The van der Waals surface area contributed by atoms with E-state index in [2.05, 4.69) is 15.5 Å². The third-order valence-corrected chi connectivity index (χ3v) is 4.32. The Bertz CT molecular complexity index is 462. The highest BCUT2D eigenvalue weighted by molar-refractivity contribution is 7.90. The summed E-state index contributed by atoms with van der Waals surface area (Å²) in [6.45, 7) is 2.50. The number of nitrogens with one attached hydrogen (secondary N) is 1. The zero-order chi connectivity index (χ0) is 11.8. The van der Waals surface area contributed by atoms with Crippen LogP contribution in [0.3, 0.4) is 0 Å². The molecule has 0 aliphatic carbocycles. The van der Waals surface area contributed by atoms with Gasteiger partial charge in [-0.3, -0.25) is 0 Å². The molecule has 1 aromatic rings. The molecule has 2 heterocycles. The van der Waals surface area contributed by atoms with Crippen LogP contribution in [0.2, 0.25) is 0 Å². The summed E-state index contributed by atoms with van der Waals surface area (Å²) in [4.78, 5) is 4.14. The normalized spacial score (nSPS) is 23.5. The fraction of sp³-hybridized carbons (Fsp3) is 0.778. The van der Waals surface area contributed by atoms with Crippen molar-refractivity contribution in [1.29, 1.82) is 0 Å². The Hall–Kier alpha value is -0.950. The molecule has 2 unspecified atom stereocenters. The number of hydrogen-bond donors (Lipinski definition) is 1. The van der Waals surface area contributed by atoms with Gasteiger partial charge in [0.15, 0.2) is 15.7 Å². The van der Waals surface area contributed by atoms with Gasteiger partial charge in [0.05, 0.1) is 6.04 Å². The zero-order valence-electron chi connectivity index (χ0n) is 9.30. The van der Waals surface area contributed by atoms with E-state index in [0.29, 0.717) is 5.89 Å². The van der Waals surface area contributed by atoms with Crippen LogP contribution in [0.15, 0.2) is 4.52 Å². The van der Waals surface area contributed by atoms with Crippen molar-refractivity contribution in [2.45, 2.75) is 31.1 Å². The van der Waals surface area contributed by atoms with Gasteiger partial charge in [-0.1, -0.05) is 5.16 Å². The third-order valence-electron chi connectivity index (χ3n) is 2.82. The highest BCUT2D eigenvalue weighted by Crippen LogP contribution is 2.24. The molecule has 7 heteroatoms. The standard InChI is InChI=1S/C9H15N3O3S/c1-6(16(2,13)14)8-11-9(15-12-8)7-4-3-5-10-7/h6-7,10H,3-5H2,1-2H3. The molecular formula is C9H15N3O3S. The molecule has 2 atom stereocenters. The van der Waals surface area contributed by atoms with Crippen molar-refractivity contribution < 1.29 is 12.9 Å². The summed E-state index contributed by atoms with van der Waals surface area (Å²) in [6, 6.07) is 0.0769. The molecule has 6 nitrogen and oxygen atoms in total. The summed E-state index contributed by atoms with van der Waals surface area (Å²) in [5.41, 5.74) is 0. The number of sulfone groups is 1. The predicted octanol–water partition coefficient (Wildman–Crippen LogP) is 0.600. The molecule has 1 aliphatic heterocycles. The minimum absolute atomic E-state index is 0.0769. The highest BCUT2D eigenvalue weighted by atomic mass is 32.2. The Morgan fingerprint density at radius 2 is 2.31 bits per heavy atom. The SMILES string of the molecule is CC(c1noc(C2CCCN2)n1)S(C)(=O)=O. The van der Waals surface area contributed by atoms with E-state index in [1.165, 1.54) is 6.26 Å². The van der Waals surface area contributed by atoms with Gasteiger partial charge in [-0.05, 0) is 26.3 Å². The largest absolute Gasteiger partial charge is 0.338 e. The van der Waals surface area contributed by atoms with Crippen LogP contribution in [0.4, 0.5) is 0 Å². The van der Waals surface area contributed by atoms with Gasteiger partial charge in [-0.2, -0.15) is 4.98 Å². The van der Waals surface area contributed by atoms with Gasteiger partial charge in [-0.15, -0.1) is 0 Å². The summed E-state index contributed by atoms with van der Waals surface area (Å²) < 4.78 is 27.7. The summed E-state index contributed by atoms with van der Waals surface area (Å²) in [5.74, 6) is 0.731. The van der Waals surface area contributed by atoms with Crippen LogP contribution in [-0.4, -0.2) is 31.4 Å². The molecule has 1 aliphatic rings. The van der Waals surface area contributed by atoms with Gasteiger partial charge in [0.2, 0.25) is 5.89 Å². The number of nitrogens with zero attached hydrogens (tertiary/aromatic N) is 2. The second-order valence-corrected chi connectivity index (χ2v) is 6.48. The Balaban J connectivity index is 2.19. The summed E-state index contributed by atoms with van der Waals surface area (Å²) in [6.07, 6.45) is 3.19. The first kappa shape index (κ1) is 11.5. The molecular weight excluding hydrogens is 230 g/mol. The van der Waals surface area contributed by atoms with Crippen molar-refractivity contribution in [3.05, 3.63) is 11.7 Å². The maximum atomic E-state index is 11.3. The van der Waals surface area contributed by atoms with Gasteiger partial charge in [0, 0.05) is 6.26 Å². The van der Waals surface area contributed by atoms with Crippen LogP contribution in [0, 0.1) is 0 Å². The molecule has 0 amide bonds. The highest BCUT2D eigenvalue weighted by Gasteiger charge is 2.27. The second-order valence-electron chi connectivity index (χ2n) is 4.11. The van der Waals surface area contributed by atoms with Crippen molar-refractivity contribution in [3.63, 3.8) is 0 Å². The molecule has 1 saturated heterocycles. The van der Waals surface area contributed by atoms with Crippen molar-refractivity contribution in [2.75, 3.05) is 12.8 Å². The van der Waals surface area contributed by atoms with Crippen molar-refractivity contribution in [1.82, 2.24) is 15.5 Å². The first-order valence-corrected chi connectivity index (χ1v) is 7.19. The molecule has 0 bridgehead atoms. The smallest absolute Gasteiger partial charge is 0.243 e. The van der Waals surface area contributed by atoms with Gasteiger partial charge in [0.25, 0.3) is 0 Å². The lowest BCUT2D eigenvalue weighted by atomic mass is 10.2. The fourth-order valence-electron chi connectivity index (χ4n) is 1.64. The topological polar surface area (TPSA) is 85.1 Å². The first-order valence-electron chi connectivity index (χ1n) is 5.24. The molecule has 0 radical (unpaired) electrons. The van der Waals surface area contributed by atoms with Gasteiger partial charge >= 0.3 is 0 Å². The minimum atomic E-state index is -3.17. The van der Waals surface area contributed by atoms with E-state index in [0.717, 1.165) is 19.4 Å². The Morgan fingerprint density at radius 1 is 1.56 bits per heavy atom. The summed E-state index contributed by atoms with van der Waals surface area (Å²) in [5, 5.41) is 6.22. The van der Waals surface area contributed by atoms with Crippen molar-refractivity contribution in [3.8, 4) is 0 Å². The van der Waals surface area contributed by atoms with E-state index in [-0.39, 0.29) is 11.9 Å². The van der Waals surface area contributed by atoms with E-state index >= 15 is 0 Å². The molecule has 16 heavy (non-hydrogen) atoms. The maximum Gasteiger partial charge on any atom is 0.243 e. The monoisotopic (exact) mass is 245 g/mol. The van der Waals surface area contributed by atoms with Crippen LogP contribution in [0.1, 0.15) is 42.8 Å². The fourth-order valence-corrected chi connectivity index (χ4v) is 2.12. The molecule has 1 aromatic heterocycles. The molecule has 0 aromatic carbocycles. The van der Waals surface area contributed by atoms with Gasteiger partial charge in [0.1, 0.15) is 5.25 Å². The van der Waals surface area contributed by atoms with Crippen LogP contribution < -0.4 is 5.32 Å². The van der Waals surface area contributed by atoms with Gasteiger partial charge < -0.3 is 9.84 Å². The third kappa shape index (κ3) is 2.25. The summed E-state index contributed by atoms with van der Waals surface area (Å²) >= 11 is 0. The van der Waals surface area contributed by atoms with E-state index in [9.17, 15) is 8.42 Å². The molecule has 1 fully saturated rings. The minimum Gasteiger partial charge on any atom is -0.338 e. The zero-order valence-corrected chi connectivity index (χ0v) is 10.1. The van der Waals surface area contributed by atoms with Crippen LogP contribution in [0.5, 0.6) is 0 Å². The number of aromatic nitrogens is 2. The first-order chi connectivity index (χ1) is 7.48. The van der Waals surface area contributed by atoms with Crippen LogP contribution in [0.25, 0.3) is 0 Å². The lowest BCUT2D eigenvalue weighted by Crippen LogP contribution is -2.14. The van der Waals surface area contributed by atoms with Crippen LogP contribution >= 0.6 is 0 Å².